The van der Waals surface area contributed by atoms with E-state index in [0.29, 0.717) is 22.6 Å². The van der Waals surface area contributed by atoms with Crippen molar-refractivity contribution in [2.24, 2.45) is 0 Å². The Hall–Kier alpha value is -3.63. The maximum atomic E-state index is 12.6. The highest BCUT2D eigenvalue weighted by Gasteiger charge is 2.26. The van der Waals surface area contributed by atoms with Crippen molar-refractivity contribution in [3.05, 3.63) is 76.6 Å². The lowest BCUT2D eigenvalue weighted by molar-refractivity contribution is -0.123. The second-order valence-corrected chi connectivity index (χ2v) is 6.59. The third-order valence-corrected chi connectivity index (χ3v) is 4.47. The van der Waals surface area contributed by atoms with Gasteiger partial charge in [0, 0.05) is 5.69 Å². The van der Waals surface area contributed by atoms with Gasteiger partial charge >= 0.3 is 5.97 Å². The smallest absolute Gasteiger partial charge is 0.344 e. The number of para-hydroxylation sites is 1. The van der Waals surface area contributed by atoms with Crippen LogP contribution in [0.1, 0.15) is 28.5 Å². The van der Waals surface area contributed by atoms with Crippen molar-refractivity contribution in [3.8, 4) is 11.8 Å². The van der Waals surface area contributed by atoms with Crippen LogP contribution in [0.3, 0.4) is 0 Å². The molecule has 0 saturated heterocycles. The molecule has 0 saturated carbocycles. The average Bonchev–Trinajstić information content (AvgIpc) is 3.02. The van der Waals surface area contributed by atoms with Gasteiger partial charge in [-0.25, -0.2) is 9.48 Å². The molecule has 146 valence electrons. The van der Waals surface area contributed by atoms with E-state index in [4.69, 9.17) is 21.6 Å². The number of halogens is 1. The summed E-state index contributed by atoms with van der Waals surface area (Å²) >= 11 is 6.35. The van der Waals surface area contributed by atoms with Gasteiger partial charge in [0.15, 0.2) is 6.10 Å². The van der Waals surface area contributed by atoms with Gasteiger partial charge < -0.3 is 10.1 Å². The van der Waals surface area contributed by atoms with Crippen LogP contribution in [0.2, 0.25) is 5.15 Å². The molecule has 0 fully saturated rings. The molecule has 1 amide bonds. The van der Waals surface area contributed by atoms with Crippen molar-refractivity contribution < 1.29 is 14.3 Å². The van der Waals surface area contributed by atoms with Gasteiger partial charge in [-0.05, 0) is 44.2 Å². The average molecular weight is 409 g/mol. The largest absolute Gasteiger partial charge is 0.449 e. The number of anilines is 1. The fourth-order valence-corrected chi connectivity index (χ4v) is 3.00. The Morgan fingerprint density at radius 1 is 1.21 bits per heavy atom. The summed E-state index contributed by atoms with van der Waals surface area (Å²) in [4.78, 5) is 25.0. The molecule has 8 heteroatoms. The van der Waals surface area contributed by atoms with Crippen LogP contribution in [0.4, 0.5) is 5.69 Å². The SMILES string of the molecule is Cc1nn(-c2ccccc2)c(Cl)c1C(=O)O[C@H](C)C(=O)Nc1cccc(C#N)c1. The molecule has 3 aromatic rings. The molecule has 0 aliphatic rings. The molecule has 1 aromatic heterocycles. The third kappa shape index (κ3) is 4.45. The predicted octanol–water partition coefficient (Wildman–Crippen LogP) is 3.89. The van der Waals surface area contributed by atoms with E-state index in [1.807, 2.05) is 24.3 Å². The van der Waals surface area contributed by atoms with Crippen LogP contribution >= 0.6 is 11.6 Å². The number of nitrogens with zero attached hydrogens (tertiary/aromatic N) is 3. The fraction of sp³-hybridized carbons (Fsp3) is 0.143. The van der Waals surface area contributed by atoms with Crippen molar-refractivity contribution in [1.82, 2.24) is 9.78 Å². The maximum absolute atomic E-state index is 12.6. The molecule has 1 atom stereocenters. The van der Waals surface area contributed by atoms with Crippen molar-refractivity contribution in [1.29, 1.82) is 5.26 Å². The number of aryl methyl sites for hydroxylation is 1. The molecule has 0 bridgehead atoms. The van der Waals surface area contributed by atoms with Crippen molar-refractivity contribution >= 4 is 29.2 Å². The Kier molecular flexibility index (Phi) is 5.96. The topological polar surface area (TPSA) is 97.0 Å². The fourth-order valence-electron chi connectivity index (χ4n) is 2.65. The summed E-state index contributed by atoms with van der Waals surface area (Å²) in [5.41, 5.74) is 2.02. The quantitative estimate of drug-likeness (QED) is 0.646. The lowest BCUT2D eigenvalue weighted by atomic mass is 10.2. The molecule has 0 aliphatic heterocycles. The van der Waals surface area contributed by atoms with Crippen molar-refractivity contribution in [2.45, 2.75) is 20.0 Å². The number of esters is 1. The Morgan fingerprint density at radius 3 is 2.62 bits per heavy atom. The number of rotatable bonds is 5. The monoisotopic (exact) mass is 408 g/mol. The number of carbonyl (C=O) groups excluding carboxylic acids is 2. The molecule has 0 radical (unpaired) electrons. The minimum atomic E-state index is -1.08. The summed E-state index contributed by atoms with van der Waals surface area (Å²) in [6.07, 6.45) is -1.08. The van der Waals surface area contributed by atoms with Crippen LogP contribution in [0, 0.1) is 18.3 Å². The number of hydrogen-bond donors (Lipinski definition) is 1. The van der Waals surface area contributed by atoms with Crippen LogP contribution in [0.5, 0.6) is 0 Å². The van der Waals surface area contributed by atoms with Gasteiger partial charge in [0.2, 0.25) is 0 Å². The zero-order chi connectivity index (χ0) is 21.0. The molecule has 0 spiro atoms. The van der Waals surface area contributed by atoms with Gasteiger partial charge in [-0.1, -0.05) is 35.9 Å². The van der Waals surface area contributed by atoms with Crippen LogP contribution in [-0.4, -0.2) is 27.8 Å². The first-order chi connectivity index (χ1) is 13.9. The van der Waals surface area contributed by atoms with Gasteiger partial charge in [0.05, 0.1) is 23.0 Å². The van der Waals surface area contributed by atoms with E-state index in [0.717, 1.165) is 0 Å². The zero-order valence-corrected chi connectivity index (χ0v) is 16.5. The first-order valence-electron chi connectivity index (χ1n) is 8.73. The number of nitrogens with one attached hydrogen (secondary N) is 1. The predicted molar refractivity (Wildman–Crippen MR) is 108 cm³/mol. The number of amides is 1. The molecule has 0 unspecified atom stereocenters. The van der Waals surface area contributed by atoms with E-state index in [9.17, 15) is 9.59 Å². The van der Waals surface area contributed by atoms with E-state index in [1.165, 1.54) is 17.7 Å². The normalized spacial score (nSPS) is 11.4. The summed E-state index contributed by atoms with van der Waals surface area (Å²) in [6.45, 7) is 3.09. The Balaban J connectivity index is 1.73. The van der Waals surface area contributed by atoms with Gasteiger partial charge in [-0.2, -0.15) is 10.4 Å². The second kappa shape index (κ2) is 8.59. The van der Waals surface area contributed by atoms with Crippen molar-refractivity contribution in [2.75, 3.05) is 5.32 Å². The summed E-state index contributed by atoms with van der Waals surface area (Å²) in [5, 5.41) is 15.9. The van der Waals surface area contributed by atoms with Gasteiger partial charge in [-0.3, -0.25) is 4.79 Å². The number of hydrogen-bond acceptors (Lipinski definition) is 5. The van der Waals surface area contributed by atoms with E-state index in [1.54, 1.807) is 37.3 Å². The first kappa shape index (κ1) is 20.1. The first-order valence-corrected chi connectivity index (χ1v) is 9.11. The second-order valence-electron chi connectivity index (χ2n) is 6.23. The van der Waals surface area contributed by atoms with Crippen LogP contribution < -0.4 is 5.32 Å². The van der Waals surface area contributed by atoms with E-state index < -0.39 is 18.0 Å². The lowest BCUT2D eigenvalue weighted by Crippen LogP contribution is -2.30. The van der Waals surface area contributed by atoms with E-state index in [2.05, 4.69) is 10.4 Å². The minimum absolute atomic E-state index is 0.0987. The molecule has 29 heavy (non-hydrogen) atoms. The van der Waals surface area contributed by atoms with Gasteiger partial charge in [-0.15, -0.1) is 0 Å². The van der Waals surface area contributed by atoms with E-state index >= 15 is 0 Å². The Bertz CT molecular complexity index is 1100. The van der Waals surface area contributed by atoms with Crippen LogP contribution in [-0.2, 0) is 9.53 Å². The van der Waals surface area contributed by atoms with Gasteiger partial charge in [0.1, 0.15) is 10.7 Å². The van der Waals surface area contributed by atoms with E-state index in [-0.39, 0.29) is 10.7 Å². The molecule has 3 rings (SSSR count). The van der Waals surface area contributed by atoms with Crippen LogP contribution in [0.25, 0.3) is 5.69 Å². The lowest BCUT2D eigenvalue weighted by Gasteiger charge is -2.13. The Morgan fingerprint density at radius 2 is 1.93 bits per heavy atom. The third-order valence-electron chi connectivity index (χ3n) is 4.12. The Labute approximate surface area is 172 Å². The number of aromatic nitrogens is 2. The molecule has 1 heterocycles. The summed E-state index contributed by atoms with van der Waals surface area (Å²) in [7, 11) is 0. The van der Waals surface area contributed by atoms with Crippen molar-refractivity contribution in [3.63, 3.8) is 0 Å². The number of ether oxygens (including phenoxy) is 1. The highest BCUT2D eigenvalue weighted by atomic mass is 35.5. The van der Waals surface area contributed by atoms with Crippen LogP contribution in [0.15, 0.2) is 54.6 Å². The number of nitriles is 1. The zero-order valence-electron chi connectivity index (χ0n) is 15.7. The molecule has 1 N–H and O–H groups in total. The number of carbonyl (C=O) groups is 2. The number of benzene rings is 2. The molecule has 2 aromatic carbocycles. The molecule has 7 nitrogen and oxygen atoms in total. The summed E-state index contributed by atoms with van der Waals surface area (Å²) in [5.74, 6) is -1.28. The standard InChI is InChI=1S/C21H17ClN4O3/c1-13-18(19(22)26(25-13)17-9-4-3-5-10-17)21(28)29-14(2)20(27)24-16-8-6-7-15(11-16)12-23/h3-11,14H,1-2H3,(H,24,27)/t14-/m1/s1. The highest BCUT2D eigenvalue weighted by molar-refractivity contribution is 6.33. The maximum Gasteiger partial charge on any atom is 0.344 e. The molecular weight excluding hydrogens is 392 g/mol. The minimum Gasteiger partial charge on any atom is -0.449 e. The highest BCUT2D eigenvalue weighted by Crippen LogP contribution is 2.24. The molecular formula is C21H17ClN4O3. The van der Waals surface area contributed by atoms with Gasteiger partial charge in [0.25, 0.3) is 5.91 Å². The summed E-state index contributed by atoms with van der Waals surface area (Å²) < 4.78 is 6.72. The summed E-state index contributed by atoms with van der Waals surface area (Å²) in [6, 6.07) is 17.5. The molecule has 0 aliphatic carbocycles.